The molecule has 2 rings (SSSR count). The van der Waals surface area contributed by atoms with E-state index in [1.54, 1.807) is 18.2 Å². The lowest BCUT2D eigenvalue weighted by Crippen LogP contribution is -2.23. The Hall–Kier alpha value is -2.50. The first-order valence-electron chi connectivity index (χ1n) is 6.41. The van der Waals surface area contributed by atoms with Crippen molar-refractivity contribution in [3.63, 3.8) is 0 Å². The fourth-order valence-electron chi connectivity index (χ4n) is 1.76. The van der Waals surface area contributed by atoms with Crippen molar-refractivity contribution in [1.29, 1.82) is 0 Å². The molecule has 6 nitrogen and oxygen atoms in total. The third-order valence-corrected chi connectivity index (χ3v) is 2.91. The number of carbonyl (C=O) groups is 2. The maximum Gasteiger partial charge on any atom is 0.286 e. The monoisotopic (exact) mass is 275 g/mol. The molecular formula is C14H17N3O3. The van der Waals surface area contributed by atoms with Gasteiger partial charge in [0, 0.05) is 12.7 Å². The second kappa shape index (κ2) is 6.10. The summed E-state index contributed by atoms with van der Waals surface area (Å²) < 4.78 is 5.31. The van der Waals surface area contributed by atoms with E-state index in [9.17, 15) is 9.59 Å². The zero-order valence-corrected chi connectivity index (χ0v) is 11.4. The zero-order chi connectivity index (χ0) is 14.5. The van der Waals surface area contributed by atoms with Gasteiger partial charge in [0.25, 0.3) is 11.8 Å². The van der Waals surface area contributed by atoms with Crippen LogP contribution >= 0.6 is 0 Å². The second-order valence-corrected chi connectivity index (χ2v) is 4.28. The maximum atomic E-state index is 11.9. The van der Waals surface area contributed by atoms with Gasteiger partial charge in [-0.1, -0.05) is 6.92 Å². The van der Waals surface area contributed by atoms with E-state index in [0.717, 1.165) is 12.1 Å². The van der Waals surface area contributed by atoms with E-state index in [1.165, 1.54) is 7.05 Å². The van der Waals surface area contributed by atoms with Crippen LogP contribution in [0.4, 0.5) is 0 Å². The smallest absolute Gasteiger partial charge is 0.286 e. The first kappa shape index (κ1) is 13.9. The molecule has 3 N–H and O–H groups in total. The summed E-state index contributed by atoms with van der Waals surface area (Å²) in [5, 5.41) is 5.20. The highest BCUT2D eigenvalue weighted by Gasteiger charge is 2.11. The summed E-state index contributed by atoms with van der Waals surface area (Å²) in [5.74, 6) is 0.256. The number of rotatable bonds is 5. The maximum absolute atomic E-state index is 11.9. The van der Waals surface area contributed by atoms with E-state index in [1.807, 2.05) is 13.0 Å². The Balaban J connectivity index is 1.93. The number of carbonyl (C=O) groups excluding carboxylic acids is 2. The summed E-state index contributed by atoms with van der Waals surface area (Å²) in [6, 6.07) is 6.86. The number of aromatic nitrogens is 1. The number of amides is 2. The Morgan fingerprint density at radius 1 is 1.20 bits per heavy atom. The van der Waals surface area contributed by atoms with Gasteiger partial charge in [0.1, 0.15) is 11.5 Å². The van der Waals surface area contributed by atoms with Gasteiger partial charge in [0.15, 0.2) is 5.76 Å². The third-order valence-electron chi connectivity index (χ3n) is 2.91. The van der Waals surface area contributed by atoms with Crippen LogP contribution in [-0.4, -0.2) is 23.8 Å². The van der Waals surface area contributed by atoms with Crippen molar-refractivity contribution in [1.82, 2.24) is 15.6 Å². The molecule has 2 amide bonds. The number of hydrogen-bond acceptors (Lipinski definition) is 3. The van der Waals surface area contributed by atoms with Crippen LogP contribution in [0.5, 0.6) is 0 Å². The van der Waals surface area contributed by atoms with Crippen molar-refractivity contribution in [2.75, 3.05) is 7.05 Å². The molecule has 0 bridgehead atoms. The number of H-pyrrole nitrogens is 1. The van der Waals surface area contributed by atoms with Crippen LogP contribution in [0.2, 0.25) is 0 Å². The van der Waals surface area contributed by atoms with Crippen LogP contribution in [0.1, 0.15) is 39.4 Å². The van der Waals surface area contributed by atoms with Crippen LogP contribution in [0.3, 0.4) is 0 Å². The van der Waals surface area contributed by atoms with Crippen molar-refractivity contribution in [3.8, 4) is 0 Å². The molecule has 6 heteroatoms. The molecule has 0 aliphatic carbocycles. The van der Waals surface area contributed by atoms with Crippen molar-refractivity contribution >= 4 is 11.8 Å². The second-order valence-electron chi connectivity index (χ2n) is 4.28. The molecule has 0 radical (unpaired) electrons. The Morgan fingerprint density at radius 3 is 2.65 bits per heavy atom. The van der Waals surface area contributed by atoms with Gasteiger partial charge in [0.2, 0.25) is 0 Å². The van der Waals surface area contributed by atoms with Gasteiger partial charge in [-0.25, -0.2) is 0 Å². The summed E-state index contributed by atoms with van der Waals surface area (Å²) in [5.41, 5.74) is 1.52. The van der Waals surface area contributed by atoms with Gasteiger partial charge >= 0.3 is 0 Å². The molecule has 2 heterocycles. The molecule has 2 aromatic rings. The lowest BCUT2D eigenvalue weighted by atomic mass is 10.3. The molecule has 0 saturated heterocycles. The normalized spacial score (nSPS) is 10.3. The van der Waals surface area contributed by atoms with Gasteiger partial charge in [0.05, 0.1) is 6.54 Å². The SMILES string of the molecule is CCc1ccc(C(=O)NCc2ccc(C(=O)NC)o2)[nH]1. The van der Waals surface area contributed by atoms with Crippen molar-refractivity contribution in [2.24, 2.45) is 0 Å². The molecule has 0 aromatic carbocycles. The summed E-state index contributed by atoms with van der Waals surface area (Å²) >= 11 is 0. The van der Waals surface area contributed by atoms with E-state index >= 15 is 0 Å². The van der Waals surface area contributed by atoms with Crippen LogP contribution in [0.15, 0.2) is 28.7 Å². The molecule has 0 atom stereocenters. The number of nitrogens with one attached hydrogen (secondary N) is 3. The van der Waals surface area contributed by atoms with Gasteiger partial charge in [-0.3, -0.25) is 9.59 Å². The van der Waals surface area contributed by atoms with E-state index in [4.69, 9.17) is 4.42 Å². The third kappa shape index (κ3) is 3.09. The van der Waals surface area contributed by atoms with Crippen molar-refractivity contribution in [2.45, 2.75) is 19.9 Å². The summed E-state index contributed by atoms with van der Waals surface area (Å²) in [6.45, 7) is 2.24. The van der Waals surface area contributed by atoms with Gasteiger partial charge < -0.3 is 20.0 Å². The highest BCUT2D eigenvalue weighted by molar-refractivity contribution is 5.92. The Morgan fingerprint density at radius 2 is 2.00 bits per heavy atom. The van der Waals surface area contributed by atoms with Crippen LogP contribution < -0.4 is 10.6 Å². The molecule has 0 fully saturated rings. The predicted molar refractivity (Wildman–Crippen MR) is 73.4 cm³/mol. The highest BCUT2D eigenvalue weighted by Crippen LogP contribution is 2.08. The summed E-state index contributed by atoms with van der Waals surface area (Å²) in [6.07, 6.45) is 0.848. The summed E-state index contributed by atoms with van der Waals surface area (Å²) in [7, 11) is 1.53. The van der Waals surface area contributed by atoms with E-state index in [0.29, 0.717) is 11.5 Å². The van der Waals surface area contributed by atoms with Gasteiger partial charge in [-0.15, -0.1) is 0 Å². The molecule has 0 saturated carbocycles. The largest absolute Gasteiger partial charge is 0.454 e. The molecule has 0 unspecified atom stereocenters. The Kier molecular flexibility index (Phi) is 4.24. The fourth-order valence-corrected chi connectivity index (χ4v) is 1.76. The number of aromatic amines is 1. The minimum atomic E-state index is -0.292. The molecule has 0 aliphatic rings. The minimum Gasteiger partial charge on any atom is -0.454 e. The van der Waals surface area contributed by atoms with Crippen LogP contribution in [0.25, 0.3) is 0 Å². The molecule has 20 heavy (non-hydrogen) atoms. The topological polar surface area (TPSA) is 87.1 Å². The molecular weight excluding hydrogens is 258 g/mol. The molecule has 2 aromatic heterocycles. The van der Waals surface area contributed by atoms with Crippen molar-refractivity contribution in [3.05, 3.63) is 47.2 Å². The average Bonchev–Trinajstić information content (AvgIpc) is 3.12. The van der Waals surface area contributed by atoms with Crippen LogP contribution in [0, 0.1) is 0 Å². The highest BCUT2D eigenvalue weighted by atomic mass is 16.4. The van der Waals surface area contributed by atoms with Crippen molar-refractivity contribution < 1.29 is 14.0 Å². The first-order chi connectivity index (χ1) is 9.63. The number of aryl methyl sites for hydroxylation is 1. The van der Waals surface area contributed by atoms with Gasteiger partial charge in [-0.2, -0.15) is 0 Å². The van der Waals surface area contributed by atoms with E-state index < -0.39 is 0 Å². The Labute approximate surface area is 116 Å². The quantitative estimate of drug-likeness (QED) is 0.772. The lowest BCUT2D eigenvalue weighted by Gasteiger charge is -2.01. The first-order valence-corrected chi connectivity index (χ1v) is 6.41. The molecule has 0 aliphatic heterocycles. The zero-order valence-electron chi connectivity index (χ0n) is 11.4. The van der Waals surface area contributed by atoms with E-state index in [-0.39, 0.29) is 24.1 Å². The Bertz CT molecular complexity index is 613. The predicted octanol–water partition coefficient (Wildman–Crippen LogP) is 1.46. The van der Waals surface area contributed by atoms with Crippen LogP contribution in [-0.2, 0) is 13.0 Å². The number of hydrogen-bond donors (Lipinski definition) is 3. The summed E-state index contributed by atoms with van der Waals surface area (Å²) in [4.78, 5) is 26.2. The average molecular weight is 275 g/mol. The fraction of sp³-hybridized carbons (Fsp3) is 0.286. The minimum absolute atomic E-state index is 0.206. The lowest BCUT2D eigenvalue weighted by molar-refractivity contribution is 0.0933. The number of furan rings is 1. The van der Waals surface area contributed by atoms with E-state index in [2.05, 4.69) is 15.6 Å². The molecule has 106 valence electrons. The molecule has 0 spiro atoms. The van der Waals surface area contributed by atoms with Gasteiger partial charge in [-0.05, 0) is 30.7 Å². The standard InChI is InChI=1S/C14H17N3O3/c1-3-9-4-6-11(17-9)13(18)16-8-10-5-7-12(20-10)14(19)15-2/h4-7,17H,3,8H2,1-2H3,(H,15,19)(H,16,18).